The lowest BCUT2D eigenvalue weighted by atomic mass is 10.2. The summed E-state index contributed by atoms with van der Waals surface area (Å²) in [6.07, 6.45) is -3.50. The van der Waals surface area contributed by atoms with Crippen LogP contribution in [0.2, 0.25) is 0 Å². The second-order valence-electron chi connectivity index (χ2n) is 3.61. The molecule has 0 saturated heterocycles. The van der Waals surface area contributed by atoms with E-state index >= 15 is 0 Å². The van der Waals surface area contributed by atoms with Gasteiger partial charge < -0.3 is 5.11 Å². The molecule has 0 aliphatic rings. The van der Waals surface area contributed by atoms with Crippen LogP contribution in [0.15, 0.2) is 34.9 Å². The fourth-order valence-corrected chi connectivity index (χ4v) is 1.83. The number of aromatic nitrogens is 2. The molecule has 0 fully saturated rings. The third-order valence-electron chi connectivity index (χ3n) is 2.32. The zero-order valence-corrected chi connectivity index (χ0v) is 10.7. The topological polar surface area (TPSA) is 55.1 Å². The number of halogens is 4. The van der Waals surface area contributed by atoms with E-state index in [2.05, 4.69) is 21.0 Å². The first kappa shape index (κ1) is 13.6. The molecule has 1 aromatic carbocycles. The van der Waals surface area contributed by atoms with E-state index in [4.69, 9.17) is 5.11 Å². The molecule has 1 heterocycles. The van der Waals surface area contributed by atoms with Gasteiger partial charge in [-0.3, -0.25) is 0 Å². The molecule has 0 radical (unpaired) electrons. The van der Waals surface area contributed by atoms with E-state index in [-0.39, 0.29) is 11.3 Å². The van der Waals surface area contributed by atoms with Gasteiger partial charge in [-0.15, -0.1) is 0 Å². The Morgan fingerprint density at radius 2 is 2.00 bits per heavy atom. The van der Waals surface area contributed by atoms with Gasteiger partial charge >= 0.3 is 12.1 Å². The quantitative estimate of drug-likeness (QED) is 0.916. The maximum absolute atomic E-state index is 12.5. The number of carbonyl (C=O) groups is 1. The number of aromatic carboxylic acids is 1. The van der Waals surface area contributed by atoms with Gasteiger partial charge in [0, 0.05) is 10.7 Å². The van der Waals surface area contributed by atoms with Gasteiger partial charge in [-0.1, -0.05) is 15.9 Å². The standard InChI is InChI=1S/C11H6BrF3N2O2/c12-6-1-2-7(10(18)19)8(5-6)17-4-3-9(16-17)11(13,14)15/h1-5H,(H,18,19). The van der Waals surface area contributed by atoms with Crippen LogP contribution in [0.1, 0.15) is 16.1 Å². The van der Waals surface area contributed by atoms with Crippen molar-refractivity contribution in [2.75, 3.05) is 0 Å². The maximum Gasteiger partial charge on any atom is 0.435 e. The van der Waals surface area contributed by atoms with Crippen molar-refractivity contribution < 1.29 is 23.1 Å². The van der Waals surface area contributed by atoms with E-state index in [0.29, 0.717) is 4.47 Å². The Morgan fingerprint density at radius 1 is 1.32 bits per heavy atom. The van der Waals surface area contributed by atoms with E-state index < -0.39 is 17.8 Å². The number of alkyl halides is 3. The van der Waals surface area contributed by atoms with E-state index in [9.17, 15) is 18.0 Å². The predicted molar refractivity (Wildman–Crippen MR) is 63.2 cm³/mol. The van der Waals surface area contributed by atoms with Crippen molar-refractivity contribution in [3.63, 3.8) is 0 Å². The highest BCUT2D eigenvalue weighted by molar-refractivity contribution is 9.10. The zero-order valence-electron chi connectivity index (χ0n) is 9.15. The minimum absolute atomic E-state index is 0.0531. The number of rotatable bonds is 2. The van der Waals surface area contributed by atoms with Gasteiger partial charge in [0.25, 0.3) is 0 Å². The Balaban J connectivity index is 2.55. The average molecular weight is 335 g/mol. The third kappa shape index (κ3) is 2.78. The summed E-state index contributed by atoms with van der Waals surface area (Å²) in [5, 5.41) is 12.3. The largest absolute Gasteiger partial charge is 0.478 e. The van der Waals surface area contributed by atoms with Crippen LogP contribution >= 0.6 is 15.9 Å². The van der Waals surface area contributed by atoms with Crippen LogP contribution in [-0.2, 0) is 6.18 Å². The maximum atomic E-state index is 12.5. The number of benzene rings is 1. The van der Waals surface area contributed by atoms with Crippen LogP contribution in [0.5, 0.6) is 0 Å². The molecular formula is C11H6BrF3N2O2. The summed E-state index contributed by atoms with van der Waals surface area (Å²) < 4.78 is 38.8. The lowest BCUT2D eigenvalue weighted by molar-refractivity contribution is -0.141. The van der Waals surface area contributed by atoms with Gasteiger partial charge in [-0.25, -0.2) is 9.48 Å². The summed E-state index contributed by atoms with van der Waals surface area (Å²) in [6, 6.07) is 4.95. The molecule has 0 saturated carbocycles. The molecule has 0 aliphatic heterocycles. The highest BCUT2D eigenvalue weighted by atomic mass is 79.9. The first-order valence-electron chi connectivity index (χ1n) is 4.95. The normalized spacial score (nSPS) is 11.6. The molecule has 4 nitrogen and oxygen atoms in total. The van der Waals surface area contributed by atoms with E-state index in [1.807, 2.05) is 0 Å². The average Bonchev–Trinajstić information content (AvgIpc) is 2.77. The van der Waals surface area contributed by atoms with Crippen molar-refractivity contribution in [3.05, 3.63) is 46.2 Å². The molecule has 0 bridgehead atoms. The lowest BCUT2D eigenvalue weighted by Gasteiger charge is -2.07. The summed E-state index contributed by atoms with van der Waals surface area (Å²) >= 11 is 3.13. The third-order valence-corrected chi connectivity index (χ3v) is 2.81. The smallest absolute Gasteiger partial charge is 0.435 e. The second kappa shape index (κ2) is 4.69. The number of hydrogen-bond acceptors (Lipinski definition) is 2. The predicted octanol–water partition coefficient (Wildman–Crippen LogP) is 3.35. The second-order valence-corrected chi connectivity index (χ2v) is 4.53. The van der Waals surface area contributed by atoms with Crippen molar-refractivity contribution in [1.82, 2.24) is 9.78 Å². The van der Waals surface area contributed by atoms with Crippen molar-refractivity contribution in [2.45, 2.75) is 6.18 Å². The van der Waals surface area contributed by atoms with Crippen molar-refractivity contribution in [3.8, 4) is 5.69 Å². The summed E-state index contributed by atoms with van der Waals surface area (Å²) in [6.45, 7) is 0. The van der Waals surface area contributed by atoms with E-state index in [1.54, 1.807) is 0 Å². The van der Waals surface area contributed by atoms with Crippen LogP contribution < -0.4 is 0 Å². The summed E-state index contributed by atoms with van der Waals surface area (Å²) in [7, 11) is 0. The highest BCUT2D eigenvalue weighted by Crippen LogP contribution is 2.28. The first-order chi connectivity index (χ1) is 8.79. The Bertz CT molecular complexity index is 637. The van der Waals surface area contributed by atoms with Crippen molar-refractivity contribution in [2.24, 2.45) is 0 Å². The van der Waals surface area contributed by atoms with Crippen LogP contribution in [0.4, 0.5) is 13.2 Å². The number of carboxylic acids is 1. The molecule has 0 unspecified atom stereocenters. The van der Waals surface area contributed by atoms with Crippen LogP contribution in [-0.4, -0.2) is 20.9 Å². The van der Waals surface area contributed by atoms with Crippen molar-refractivity contribution >= 4 is 21.9 Å². The molecular weight excluding hydrogens is 329 g/mol. The SMILES string of the molecule is O=C(O)c1ccc(Br)cc1-n1ccc(C(F)(F)F)n1. The van der Waals surface area contributed by atoms with E-state index in [0.717, 1.165) is 16.9 Å². The molecule has 100 valence electrons. The van der Waals surface area contributed by atoms with E-state index in [1.165, 1.54) is 18.2 Å². The Kier molecular flexibility index (Phi) is 3.36. The lowest BCUT2D eigenvalue weighted by Crippen LogP contribution is -2.09. The molecule has 2 rings (SSSR count). The van der Waals surface area contributed by atoms with Gasteiger partial charge in [-0.05, 0) is 24.3 Å². The minimum Gasteiger partial charge on any atom is -0.478 e. The summed E-state index contributed by atoms with van der Waals surface area (Å²) in [5.41, 5.74) is -1.17. The number of nitrogens with zero attached hydrogens (tertiary/aromatic N) is 2. The highest BCUT2D eigenvalue weighted by Gasteiger charge is 2.33. The fraction of sp³-hybridized carbons (Fsp3) is 0.0909. The molecule has 0 amide bonds. The number of hydrogen-bond donors (Lipinski definition) is 1. The molecule has 1 aromatic heterocycles. The van der Waals surface area contributed by atoms with Gasteiger partial charge in [0.05, 0.1) is 11.3 Å². The minimum atomic E-state index is -4.57. The molecule has 8 heteroatoms. The van der Waals surface area contributed by atoms with Crippen LogP contribution in [0.25, 0.3) is 5.69 Å². The van der Waals surface area contributed by atoms with Gasteiger partial charge in [0.1, 0.15) is 0 Å². The molecule has 0 aliphatic carbocycles. The Hall–Kier alpha value is -1.83. The monoisotopic (exact) mass is 334 g/mol. The van der Waals surface area contributed by atoms with Crippen molar-refractivity contribution in [1.29, 1.82) is 0 Å². The first-order valence-corrected chi connectivity index (χ1v) is 5.74. The molecule has 2 aromatic rings. The molecule has 1 N–H and O–H groups in total. The number of carboxylic acid groups (broad SMARTS) is 1. The van der Waals surface area contributed by atoms with Crippen LogP contribution in [0, 0.1) is 0 Å². The molecule has 19 heavy (non-hydrogen) atoms. The van der Waals surface area contributed by atoms with Gasteiger partial charge in [0.2, 0.25) is 0 Å². The fourth-order valence-electron chi connectivity index (χ4n) is 1.48. The Labute approximate surface area is 113 Å². The molecule has 0 atom stereocenters. The zero-order chi connectivity index (χ0) is 14.2. The summed E-state index contributed by atoms with van der Waals surface area (Å²) in [4.78, 5) is 11.0. The van der Waals surface area contributed by atoms with Gasteiger partial charge in [0.15, 0.2) is 5.69 Å². The summed E-state index contributed by atoms with van der Waals surface area (Å²) in [5.74, 6) is -1.24. The molecule has 0 spiro atoms. The van der Waals surface area contributed by atoms with Gasteiger partial charge in [-0.2, -0.15) is 18.3 Å². The van der Waals surface area contributed by atoms with Crippen LogP contribution in [0.3, 0.4) is 0 Å². The Morgan fingerprint density at radius 3 is 2.53 bits per heavy atom.